The van der Waals surface area contributed by atoms with Crippen LogP contribution in [0.2, 0.25) is 0 Å². The predicted molar refractivity (Wildman–Crippen MR) is 52.3 cm³/mol. The van der Waals surface area contributed by atoms with Gasteiger partial charge < -0.3 is 4.74 Å². The fourth-order valence-electron chi connectivity index (χ4n) is 1.52. The van der Waals surface area contributed by atoms with Crippen molar-refractivity contribution in [1.82, 2.24) is 4.72 Å². The summed E-state index contributed by atoms with van der Waals surface area (Å²) in [7, 11) is -3.76. The van der Waals surface area contributed by atoms with E-state index in [9.17, 15) is 13.2 Å². The molecule has 0 saturated carbocycles. The van der Waals surface area contributed by atoms with Gasteiger partial charge in [0.15, 0.2) is 5.75 Å². The predicted octanol–water partition coefficient (Wildman–Crippen LogP) is 1.09. The Morgan fingerprint density at radius 1 is 1.27 bits per heavy atom. The second-order valence-corrected chi connectivity index (χ2v) is 5.05. The van der Waals surface area contributed by atoms with E-state index in [0.29, 0.717) is 5.56 Å². The van der Waals surface area contributed by atoms with E-state index in [0.717, 1.165) is 5.56 Å². The molecule has 0 radical (unpaired) electrons. The molecule has 2 rings (SSSR count). The molecule has 1 aliphatic heterocycles. The quantitative estimate of drug-likeness (QED) is 0.720. The summed E-state index contributed by atoms with van der Waals surface area (Å²) in [5.41, 5.74) is 1.43. The zero-order valence-corrected chi connectivity index (χ0v) is 9.01. The molecule has 1 aliphatic rings. The van der Waals surface area contributed by atoms with E-state index in [2.05, 4.69) is 0 Å². The van der Waals surface area contributed by atoms with Crippen LogP contribution in [0, 0.1) is 13.8 Å². The van der Waals surface area contributed by atoms with Crippen molar-refractivity contribution in [2.24, 2.45) is 0 Å². The standard InChI is InChI=1S/C9H9NO4S/c1-5-3-6(2)8-7(4-5)15(12,13)10-9(11)14-8/h3-4H,1-2H3,(H,10,11). The highest BCUT2D eigenvalue weighted by Gasteiger charge is 2.30. The third kappa shape index (κ3) is 1.56. The van der Waals surface area contributed by atoms with Crippen LogP contribution in [0.5, 0.6) is 5.75 Å². The molecule has 5 nitrogen and oxygen atoms in total. The molecule has 0 bridgehead atoms. The van der Waals surface area contributed by atoms with Gasteiger partial charge in [-0.05, 0) is 31.0 Å². The number of carbonyl (C=O) groups excluding carboxylic acids is 1. The monoisotopic (exact) mass is 227 g/mol. The molecule has 1 aromatic rings. The maximum Gasteiger partial charge on any atom is 0.426 e. The van der Waals surface area contributed by atoms with Gasteiger partial charge in [-0.25, -0.2) is 17.9 Å². The number of benzene rings is 1. The second kappa shape index (κ2) is 2.96. The van der Waals surface area contributed by atoms with Crippen LogP contribution in [0.25, 0.3) is 0 Å². The van der Waals surface area contributed by atoms with Crippen LogP contribution >= 0.6 is 0 Å². The van der Waals surface area contributed by atoms with Crippen molar-refractivity contribution >= 4 is 16.1 Å². The lowest BCUT2D eigenvalue weighted by molar-refractivity contribution is 0.203. The molecule has 1 amide bonds. The third-order valence-electron chi connectivity index (χ3n) is 2.09. The van der Waals surface area contributed by atoms with Crippen LogP contribution in [0.3, 0.4) is 0 Å². The molecule has 1 aromatic carbocycles. The molecule has 0 unspecified atom stereocenters. The van der Waals surface area contributed by atoms with Crippen molar-refractivity contribution < 1.29 is 17.9 Å². The van der Waals surface area contributed by atoms with Gasteiger partial charge in [0.05, 0.1) is 0 Å². The first-order chi connectivity index (χ1) is 6.90. The SMILES string of the molecule is Cc1cc(C)c2c(c1)S(=O)(=O)NC(=O)O2. The Hall–Kier alpha value is -1.56. The van der Waals surface area contributed by atoms with E-state index in [1.165, 1.54) is 6.07 Å². The van der Waals surface area contributed by atoms with Gasteiger partial charge in [-0.15, -0.1) is 0 Å². The normalized spacial score (nSPS) is 17.6. The van der Waals surface area contributed by atoms with Crippen molar-refractivity contribution in [3.05, 3.63) is 23.3 Å². The first-order valence-corrected chi connectivity index (χ1v) is 5.74. The van der Waals surface area contributed by atoms with Gasteiger partial charge in [-0.3, -0.25) is 0 Å². The number of rotatable bonds is 0. The first-order valence-electron chi connectivity index (χ1n) is 4.26. The van der Waals surface area contributed by atoms with Gasteiger partial charge in [0, 0.05) is 0 Å². The Morgan fingerprint density at radius 3 is 2.60 bits per heavy atom. The van der Waals surface area contributed by atoms with Gasteiger partial charge in [0.2, 0.25) is 0 Å². The fourth-order valence-corrected chi connectivity index (χ4v) is 2.68. The largest absolute Gasteiger partial charge is 0.426 e. The maximum atomic E-state index is 11.6. The van der Waals surface area contributed by atoms with Crippen molar-refractivity contribution in [3.8, 4) is 5.75 Å². The highest BCUT2D eigenvalue weighted by Crippen LogP contribution is 2.31. The average molecular weight is 227 g/mol. The minimum Gasteiger partial charge on any atom is -0.408 e. The fraction of sp³-hybridized carbons (Fsp3) is 0.222. The van der Waals surface area contributed by atoms with Crippen molar-refractivity contribution in [2.75, 3.05) is 0 Å². The summed E-state index contributed by atoms with van der Waals surface area (Å²) in [6.07, 6.45) is -0.963. The van der Waals surface area contributed by atoms with Gasteiger partial charge in [0.1, 0.15) is 4.90 Å². The number of hydrogen-bond acceptors (Lipinski definition) is 4. The number of ether oxygens (including phenoxy) is 1. The second-order valence-electron chi connectivity index (χ2n) is 3.40. The van der Waals surface area contributed by atoms with Crippen LogP contribution in [-0.2, 0) is 10.0 Å². The number of hydrogen-bond donors (Lipinski definition) is 1. The number of carbonyl (C=O) groups is 1. The minimum absolute atomic E-state index is 0.0135. The van der Waals surface area contributed by atoms with Crippen LogP contribution < -0.4 is 9.46 Å². The molecule has 0 fully saturated rings. The molecule has 0 aromatic heterocycles. The lowest BCUT2D eigenvalue weighted by Gasteiger charge is -2.19. The molecular formula is C9H9NO4S. The summed E-state index contributed by atoms with van der Waals surface area (Å²) in [4.78, 5) is 11.0. The summed E-state index contributed by atoms with van der Waals surface area (Å²) in [6.45, 7) is 3.47. The number of fused-ring (bicyclic) bond motifs is 1. The number of aryl methyl sites for hydroxylation is 2. The summed E-state index contributed by atoms with van der Waals surface area (Å²) in [6, 6.07) is 3.23. The average Bonchev–Trinajstić information content (AvgIpc) is 2.06. The topological polar surface area (TPSA) is 72.5 Å². The Balaban J connectivity index is 2.78. The van der Waals surface area contributed by atoms with Gasteiger partial charge in [0.25, 0.3) is 10.0 Å². The molecule has 0 saturated heterocycles. The summed E-state index contributed by atoms with van der Waals surface area (Å²) >= 11 is 0. The van der Waals surface area contributed by atoms with E-state index < -0.39 is 16.1 Å². The minimum atomic E-state index is -3.76. The third-order valence-corrected chi connectivity index (χ3v) is 3.40. The maximum absolute atomic E-state index is 11.6. The lowest BCUT2D eigenvalue weighted by atomic mass is 10.1. The summed E-state index contributed by atoms with van der Waals surface area (Å²) < 4.78 is 29.8. The van der Waals surface area contributed by atoms with Crippen molar-refractivity contribution in [3.63, 3.8) is 0 Å². The first kappa shape index (κ1) is 9.97. The van der Waals surface area contributed by atoms with E-state index in [4.69, 9.17) is 4.74 Å². The van der Waals surface area contributed by atoms with Crippen LogP contribution in [0.15, 0.2) is 17.0 Å². The van der Waals surface area contributed by atoms with Crippen LogP contribution in [0.4, 0.5) is 4.79 Å². The molecule has 6 heteroatoms. The molecule has 0 atom stereocenters. The Morgan fingerprint density at radius 2 is 1.93 bits per heavy atom. The lowest BCUT2D eigenvalue weighted by Crippen LogP contribution is -2.37. The van der Waals surface area contributed by atoms with Gasteiger partial charge in [-0.2, -0.15) is 0 Å². The van der Waals surface area contributed by atoms with E-state index in [1.807, 2.05) is 0 Å². The zero-order chi connectivity index (χ0) is 11.2. The van der Waals surface area contributed by atoms with Gasteiger partial charge in [-0.1, -0.05) is 6.07 Å². The number of nitrogens with one attached hydrogen (secondary N) is 1. The summed E-state index contributed by atoms with van der Waals surface area (Å²) in [5.74, 6) is 0.115. The summed E-state index contributed by atoms with van der Waals surface area (Å²) in [5, 5.41) is 0. The van der Waals surface area contributed by atoms with Crippen molar-refractivity contribution in [2.45, 2.75) is 18.7 Å². The highest BCUT2D eigenvalue weighted by molar-refractivity contribution is 7.90. The van der Waals surface area contributed by atoms with Crippen LogP contribution in [0.1, 0.15) is 11.1 Å². The molecular weight excluding hydrogens is 218 g/mol. The smallest absolute Gasteiger partial charge is 0.408 e. The molecule has 1 heterocycles. The number of amides is 1. The Kier molecular flexibility index (Phi) is 1.97. The molecule has 0 spiro atoms. The van der Waals surface area contributed by atoms with Gasteiger partial charge >= 0.3 is 6.09 Å². The molecule has 80 valence electrons. The Bertz CT molecular complexity index is 547. The number of sulfonamides is 1. The molecule has 15 heavy (non-hydrogen) atoms. The van der Waals surface area contributed by atoms with Crippen LogP contribution in [-0.4, -0.2) is 14.5 Å². The molecule has 1 N–H and O–H groups in total. The molecule has 0 aliphatic carbocycles. The zero-order valence-electron chi connectivity index (χ0n) is 8.20. The van der Waals surface area contributed by atoms with E-state index in [1.54, 1.807) is 24.6 Å². The Labute approximate surface area is 87.1 Å². The van der Waals surface area contributed by atoms with Crippen molar-refractivity contribution in [1.29, 1.82) is 0 Å². The van der Waals surface area contributed by atoms with E-state index in [-0.39, 0.29) is 10.6 Å². The van der Waals surface area contributed by atoms with E-state index >= 15 is 0 Å². The highest BCUT2D eigenvalue weighted by atomic mass is 32.2.